The summed E-state index contributed by atoms with van der Waals surface area (Å²) in [6.45, 7) is 2.01. The molecule has 1 aromatic carbocycles. The summed E-state index contributed by atoms with van der Waals surface area (Å²) in [4.78, 5) is 41.0. The number of carbonyl (C=O) groups excluding carboxylic acids is 3. The standard InChI is InChI=1S/C21H21N3O5S/c1-12(18(25)22-10-13-4-5-15-16(9-13)29-11-28-15)24-19(26)21(23-20(24)27)7-2-3-17-14(21)6-8-30-17/h4-6,8-9,12H,2-3,7,10-11H2,1H3,(H,22,25)(H,23,27)/t12-,21+/m0/s1. The number of thiophene rings is 1. The van der Waals surface area contributed by atoms with E-state index in [-0.39, 0.29) is 19.2 Å². The number of rotatable bonds is 4. The fourth-order valence-electron chi connectivity index (χ4n) is 4.37. The Morgan fingerprint density at radius 1 is 1.30 bits per heavy atom. The maximum Gasteiger partial charge on any atom is 0.326 e. The highest BCUT2D eigenvalue weighted by Crippen LogP contribution is 2.42. The van der Waals surface area contributed by atoms with E-state index in [0.29, 0.717) is 17.9 Å². The molecular weight excluding hydrogens is 406 g/mol. The smallest absolute Gasteiger partial charge is 0.326 e. The number of benzene rings is 1. The number of amides is 4. The van der Waals surface area contributed by atoms with Gasteiger partial charge in [-0.05, 0) is 55.3 Å². The molecule has 1 spiro atoms. The van der Waals surface area contributed by atoms with E-state index in [4.69, 9.17) is 9.47 Å². The van der Waals surface area contributed by atoms with Gasteiger partial charge in [0.25, 0.3) is 5.91 Å². The minimum atomic E-state index is -1.05. The summed E-state index contributed by atoms with van der Waals surface area (Å²) in [6.07, 6.45) is 2.27. The van der Waals surface area contributed by atoms with Gasteiger partial charge in [-0.3, -0.25) is 9.59 Å². The molecule has 2 aromatic rings. The lowest BCUT2D eigenvalue weighted by Crippen LogP contribution is -2.50. The van der Waals surface area contributed by atoms with Crippen LogP contribution in [0.2, 0.25) is 0 Å². The molecule has 1 saturated heterocycles. The van der Waals surface area contributed by atoms with Crippen molar-refractivity contribution in [1.29, 1.82) is 0 Å². The van der Waals surface area contributed by atoms with Crippen molar-refractivity contribution in [3.8, 4) is 11.5 Å². The van der Waals surface area contributed by atoms with Crippen LogP contribution < -0.4 is 20.1 Å². The topological polar surface area (TPSA) is 97.0 Å². The van der Waals surface area contributed by atoms with Gasteiger partial charge in [-0.2, -0.15) is 0 Å². The molecule has 2 N–H and O–H groups in total. The van der Waals surface area contributed by atoms with E-state index in [1.54, 1.807) is 30.4 Å². The molecule has 2 aliphatic heterocycles. The Balaban J connectivity index is 1.30. The number of imide groups is 1. The van der Waals surface area contributed by atoms with Crippen LogP contribution in [0.25, 0.3) is 0 Å². The molecule has 156 valence electrons. The Morgan fingerprint density at radius 3 is 3.00 bits per heavy atom. The normalized spacial score (nSPS) is 22.8. The average molecular weight is 427 g/mol. The molecule has 5 rings (SSSR count). The first-order valence-electron chi connectivity index (χ1n) is 9.88. The molecule has 1 aliphatic carbocycles. The zero-order valence-electron chi connectivity index (χ0n) is 16.4. The summed E-state index contributed by atoms with van der Waals surface area (Å²) >= 11 is 1.60. The molecule has 8 nitrogen and oxygen atoms in total. The van der Waals surface area contributed by atoms with Gasteiger partial charge in [0.1, 0.15) is 11.6 Å². The van der Waals surface area contributed by atoms with Crippen LogP contribution in [-0.4, -0.2) is 35.6 Å². The number of urea groups is 1. The predicted molar refractivity (Wildman–Crippen MR) is 108 cm³/mol. The second-order valence-corrected chi connectivity index (χ2v) is 8.70. The molecular formula is C21H21N3O5S. The van der Waals surface area contributed by atoms with Crippen molar-refractivity contribution in [2.45, 2.75) is 44.3 Å². The molecule has 2 atom stereocenters. The number of carbonyl (C=O) groups is 3. The van der Waals surface area contributed by atoms with E-state index < -0.39 is 23.5 Å². The molecule has 1 fully saturated rings. The van der Waals surface area contributed by atoms with Gasteiger partial charge in [-0.15, -0.1) is 11.3 Å². The van der Waals surface area contributed by atoms with Crippen LogP contribution in [0.1, 0.15) is 35.8 Å². The van der Waals surface area contributed by atoms with Crippen LogP contribution in [0.4, 0.5) is 4.79 Å². The second-order valence-electron chi connectivity index (χ2n) is 7.70. The van der Waals surface area contributed by atoms with E-state index in [9.17, 15) is 14.4 Å². The summed E-state index contributed by atoms with van der Waals surface area (Å²) in [5.41, 5.74) is 0.660. The quantitative estimate of drug-likeness (QED) is 0.730. The molecule has 0 saturated carbocycles. The lowest BCUT2D eigenvalue weighted by molar-refractivity contribution is -0.138. The monoisotopic (exact) mass is 427 g/mol. The molecule has 30 heavy (non-hydrogen) atoms. The van der Waals surface area contributed by atoms with Crippen molar-refractivity contribution in [1.82, 2.24) is 15.5 Å². The van der Waals surface area contributed by atoms with Crippen LogP contribution in [0.5, 0.6) is 11.5 Å². The highest BCUT2D eigenvalue weighted by atomic mass is 32.1. The third-order valence-electron chi connectivity index (χ3n) is 5.95. The van der Waals surface area contributed by atoms with Crippen molar-refractivity contribution in [2.75, 3.05) is 6.79 Å². The van der Waals surface area contributed by atoms with E-state index in [2.05, 4.69) is 10.6 Å². The number of ether oxygens (including phenoxy) is 2. The molecule has 9 heteroatoms. The van der Waals surface area contributed by atoms with Crippen LogP contribution in [0.15, 0.2) is 29.6 Å². The minimum absolute atomic E-state index is 0.182. The van der Waals surface area contributed by atoms with Crippen LogP contribution in [0, 0.1) is 0 Å². The molecule has 1 aromatic heterocycles. The number of hydrogen-bond donors (Lipinski definition) is 2. The third-order valence-corrected chi connectivity index (χ3v) is 6.94. The predicted octanol–water partition coefficient (Wildman–Crippen LogP) is 2.27. The average Bonchev–Trinajstić information content (AvgIpc) is 3.45. The lowest BCUT2D eigenvalue weighted by atomic mass is 9.80. The van der Waals surface area contributed by atoms with E-state index >= 15 is 0 Å². The summed E-state index contributed by atoms with van der Waals surface area (Å²) in [5.74, 6) is 0.560. The number of hydrogen-bond acceptors (Lipinski definition) is 6. The van der Waals surface area contributed by atoms with Crippen LogP contribution >= 0.6 is 11.3 Å². The minimum Gasteiger partial charge on any atom is -0.454 e. The van der Waals surface area contributed by atoms with Gasteiger partial charge in [0, 0.05) is 17.0 Å². The maximum absolute atomic E-state index is 13.3. The Labute approximate surface area is 177 Å². The van der Waals surface area contributed by atoms with E-state index in [1.165, 1.54) is 0 Å². The Kier molecular flexibility index (Phi) is 4.43. The number of aryl methyl sites for hydroxylation is 1. The van der Waals surface area contributed by atoms with E-state index in [0.717, 1.165) is 33.7 Å². The van der Waals surface area contributed by atoms with Crippen molar-refractivity contribution < 1.29 is 23.9 Å². The number of nitrogens with zero attached hydrogens (tertiary/aromatic N) is 1. The fourth-order valence-corrected chi connectivity index (χ4v) is 5.37. The zero-order valence-corrected chi connectivity index (χ0v) is 17.2. The van der Waals surface area contributed by atoms with Crippen molar-refractivity contribution >= 4 is 29.2 Å². The third kappa shape index (κ3) is 2.84. The van der Waals surface area contributed by atoms with Gasteiger partial charge >= 0.3 is 6.03 Å². The summed E-state index contributed by atoms with van der Waals surface area (Å²) in [6, 6.07) is 5.89. The first kappa shape index (κ1) is 18.9. The maximum atomic E-state index is 13.3. The van der Waals surface area contributed by atoms with Gasteiger partial charge in [0.05, 0.1) is 0 Å². The van der Waals surface area contributed by atoms with Crippen molar-refractivity contribution in [2.24, 2.45) is 0 Å². The molecule has 4 amide bonds. The van der Waals surface area contributed by atoms with Gasteiger partial charge in [-0.1, -0.05) is 6.07 Å². The SMILES string of the molecule is C[C@@H](C(=O)NCc1ccc2c(c1)OCO2)N1C(=O)N[C@@]2(CCCc3sccc32)C1=O. The largest absolute Gasteiger partial charge is 0.454 e. The first-order chi connectivity index (χ1) is 14.5. The van der Waals surface area contributed by atoms with Gasteiger partial charge in [0.15, 0.2) is 11.5 Å². The van der Waals surface area contributed by atoms with Gasteiger partial charge in [-0.25, -0.2) is 9.69 Å². The lowest BCUT2D eigenvalue weighted by Gasteiger charge is -2.31. The highest BCUT2D eigenvalue weighted by Gasteiger charge is 2.56. The summed E-state index contributed by atoms with van der Waals surface area (Å²) in [7, 11) is 0. The fraction of sp³-hybridized carbons (Fsp3) is 0.381. The molecule has 3 heterocycles. The Hall–Kier alpha value is -3.07. The molecule has 3 aliphatic rings. The first-order valence-corrected chi connectivity index (χ1v) is 10.8. The Morgan fingerprint density at radius 2 is 2.13 bits per heavy atom. The molecule has 0 unspecified atom stereocenters. The Bertz CT molecular complexity index is 1050. The second kappa shape index (κ2) is 7.02. The number of nitrogens with one attached hydrogen (secondary N) is 2. The van der Waals surface area contributed by atoms with Crippen molar-refractivity contribution in [3.05, 3.63) is 45.6 Å². The molecule has 0 radical (unpaired) electrons. The van der Waals surface area contributed by atoms with Crippen molar-refractivity contribution in [3.63, 3.8) is 0 Å². The number of fused-ring (bicyclic) bond motifs is 3. The highest BCUT2D eigenvalue weighted by molar-refractivity contribution is 7.10. The van der Waals surface area contributed by atoms with Crippen LogP contribution in [0.3, 0.4) is 0 Å². The zero-order chi connectivity index (χ0) is 20.9. The van der Waals surface area contributed by atoms with Gasteiger partial charge in [0.2, 0.25) is 12.7 Å². The van der Waals surface area contributed by atoms with Crippen LogP contribution in [-0.2, 0) is 28.1 Å². The summed E-state index contributed by atoms with van der Waals surface area (Å²) < 4.78 is 10.6. The summed E-state index contributed by atoms with van der Waals surface area (Å²) in [5, 5.41) is 7.63. The molecule has 0 bridgehead atoms. The van der Waals surface area contributed by atoms with E-state index in [1.807, 2.05) is 17.5 Å². The van der Waals surface area contributed by atoms with Gasteiger partial charge < -0.3 is 20.1 Å².